The summed E-state index contributed by atoms with van der Waals surface area (Å²) < 4.78 is 9.37. The molecule has 0 bridgehead atoms. The molecule has 0 atom stereocenters. The topological polar surface area (TPSA) is 125 Å². The summed E-state index contributed by atoms with van der Waals surface area (Å²) in [5, 5.41) is 13.5. The Balaban J connectivity index is 2.08. The lowest BCUT2D eigenvalue weighted by Crippen LogP contribution is -2.21. The second-order valence-corrected chi connectivity index (χ2v) is 5.51. The average molecular weight is 372 g/mol. The lowest BCUT2D eigenvalue weighted by atomic mass is 10.1. The van der Waals surface area contributed by atoms with Crippen molar-refractivity contribution in [3.8, 4) is 0 Å². The minimum atomic E-state index is -0.983. The maximum atomic E-state index is 12.1. The van der Waals surface area contributed by atoms with Gasteiger partial charge in [0.25, 0.3) is 11.6 Å². The fourth-order valence-electron chi connectivity index (χ4n) is 2.20. The summed E-state index contributed by atoms with van der Waals surface area (Å²) in [5.41, 5.74) is 0.584. The van der Waals surface area contributed by atoms with E-state index in [0.717, 1.165) is 30.9 Å². The van der Waals surface area contributed by atoms with Gasteiger partial charge >= 0.3 is 11.9 Å². The van der Waals surface area contributed by atoms with Crippen LogP contribution >= 0.6 is 0 Å². The van der Waals surface area contributed by atoms with Gasteiger partial charge in [-0.25, -0.2) is 9.59 Å². The number of benzene rings is 2. The number of rotatable bonds is 6. The molecule has 0 saturated heterocycles. The number of esters is 2. The molecule has 9 heteroatoms. The number of nitro groups is 1. The second kappa shape index (κ2) is 8.56. The van der Waals surface area contributed by atoms with Gasteiger partial charge in [0, 0.05) is 17.8 Å². The molecule has 2 rings (SSSR count). The number of non-ortho nitro benzene ring substituents is 1. The summed E-state index contributed by atoms with van der Waals surface area (Å²) in [6.45, 7) is 1.26. The molecular weight excluding hydrogens is 356 g/mol. The number of amides is 1. The molecule has 9 nitrogen and oxygen atoms in total. The molecule has 0 fully saturated rings. The number of carbonyl (C=O) groups is 3. The highest BCUT2D eigenvalue weighted by Gasteiger charge is 2.20. The number of anilines is 1. The van der Waals surface area contributed by atoms with Gasteiger partial charge in [0.2, 0.25) is 0 Å². The van der Waals surface area contributed by atoms with Crippen molar-refractivity contribution in [1.82, 2.24) is 0 Å². The van der Waals surface area contributed by atoms with E-state index in [-0.39, 0.29) is 11.1 Å². The van der Waals surface area contributed by atoms with Crippen LogP contribution in [0.5, 0.6) is 0 Å². The Morgan fingerprint density at radius 2 is 1.74 bits per heavy atom. The zero-order valence-electron chi connectivity index (χ0n) is 14.6. The molecule has 1 N–H and O–H groups in total. The molecule has 0 radical (unpaired) electrons. The number of methoxy groups -OCH3 is 1. The first-order chi connectivity index (χ1) is 12.8. The average Bonchev–Trinajstić information content (AvgIpc) is 2.65. The lowest BCUT2D eigenvalue weighted by molar-refractivity contribution is -0.384. The van der Waals surface area contributed by atoms with Gasteiger partial charge in [-0.2, -0.15) is 0 Å². The van der Waals surface area contributed by atoms with Crippen molar-refractivity contribution in [3.63, 3.8) is 0 Å². The van der Waals surface area contributed by atoms with E-state index in [1.807, 2.05) is 13.0 Å². The van der Waals surface area contributed by atoms with Crippen molar-refractivity contribution in [2.45, 2.75) is 6.92 Å². The maximum Gasteiger partial charge on any atom is 0.338 e. The number of nitrogens with one attached hydrogen (secondary N) is 1. The van der Waals surface area contributed by atoms with Gasteiger partial charge in [-0.3, -0.25) is 14.9 Å². The Bertz CT molecular complexity index is 908. The van der Waals surface area contributed by atoms with Crippen molar-refractivity contribution >= 4 is 29.2 Å². The van der Waals surface area contributed by atoms with E-state index in [1.54, 1.807) is 18.2 Å². The zero-order chi connectivity index (χ0) is 20.0. The summed E-state index contributed by atoms with van der Waals surface area (Å²) >= 11 is 0. The molecule has 0 heterocycles. The summed E-state index contributed by atoms with van der Waals surface area (Å²) in [6.07, 6.45) is 0. The Morgan fingerprint density at radius 3 is 2.33 bits per heavy atom. The van der Waals surface area contributed by atoms with Crippen LogP contribution in [0, 0.1) is 17.0 Å². The highest BCUT2D eigenvalue weighted by molar-refractivity contribution is 5.98. The Labute approximate surface area is 154 Å². The monoisotopic (exact) mass is 372 g/mol. The van der Waals surface area contributed by atoms with E-state index < -0.39 is 35.1 Å². The third kappa shape index (κ3) is 5.36. The largest absolute Gasteiger partial charge is 0.465 e. The van der Waals surface area contributed by atoms with Crippen LogP contribution in [0.15, 0.2) is 42.5 Å². The van der Waals surface area contributed by atoms with Crippen LogP contribution in [0.25, 0.3) is 0 Å². The van der Waals surface area contributed by atoms with E-state index in [0.29, 0.717) is 5.69 Å². The Hall–Kier alpha value is -3.75. The molecule has 0 aliphatic carbocycles. The molecular formula is C18H16N2O7. The van der Waals surface area contributed by atoms with Crippen molar-refractivity contribution < 1.29 is 28.8 Å². The number of ether oxygens (including phenoxy) is 2. The standard InChI is InChI=1S/C18H16N2O7/c1-11-4-3-5-14(6-11)19-16(21)10-27-18(23)13-7-12(17(22)26-2)8-15(9-13)20(24)25/h3-9H,10H2,1-2H3,(H,19,21). The summed E-state index contributed by atoms with van der Waals surface area (Å²) in [5.74, 6) is -2.40. The molecule has 0 aromatic heterocycles. The number of hydrogen-bond acceptors (Lipinski definition) is 7. The minimum Gasteiger partial charge on any atom is -0.465 e. The van der Waals surface area contributed by atoms with Gasteiger partial charge in [-0.05, 0) is 30.7 Å². The third-order valence-electron chi connectivity index (χ3n) is 3.42. The number of aryl methyl sites for hydroxylation is 1. The number of nitro benzene ring substituents is 1. The van der Waals surface area contributed by atoms with Crippen molar-refractivity contribution in [2.75, 3.05) is 19.0 Å². The second-order valence-electron chi connectivity index (χ2n) is 5.51. The summed E-state index contributed by atoms with van der Waals surface area (Å²) in [7, 11) is 1.11. The molecule has 0 spiro atoms. The van der Waals surface area contributed by atoms with Crippen molar-refractivity contribution in [2.24, 2.45) is 0 Å². The van der Waals surface area contributed by atoms with Crippen molar-refractivity contribution in [3.05, 3.63) is 69.3 Å². The first kappa shape index (κ1) is 19.6. The molecule has 1 amide bonds. The number of hydrogen-bond donors (Lipinski definition) is 1. The fraction of sp³-hybridized carbons (Fsp3) is 0.167. The first-order valence-electron chi connectivity index (χ1n) is 7.71. The van der Waals surface area contributed by atoms with Gasteiger partial charge in [0.05, 0.1) is 23.2 Å². The molecule has 0 unspecified atom stereocenters. The molecule has 2 aromatic rings. The van der Waals surface area contributed by atoms with Crippen LogP contribution in [-0.2, 0) is 14.3 Å². The minimum absolute atomic E-state index is 0.178. The molecule has 0 aliphatic rings. The van der Waals surface area contributed by atoms with E-state index in [9.17, 15) is 24.5 Å². The highest BCUT2D eigenvalue weighted by atomic mass is 16.6. The number of carbonyl (C=O) groups excluding carboxylic acids is 3. The molecule has 27 heavy (non-hydrogen) atoms. The van der Waals surface area contributed by atoms with Gasteiger partial charge < -0.3 is 14.8 Å². The Morgan fingerprint density at radius 1 is 1.07 bits per heavy atom. The van der Waals surface area contributed by atoms with Crippen LogP contribution in [0.1, 0.15) is 26.3 Å². The van der Waals surface area contributed by atoms with Crippen LogP contribution < -0.4 is 5.32 Å². The normalized spacial score (nSPS) is 10.0. The molecule has 0 aliphatic heterocycles. The summed E-state index contributed by atoms with van der Waals surface area (Å²) in [4.78, 5) is 45.8. The molecule has 140 valence electrons. The fourth-order valence-corrected chi connectivity index (χ4v) is 2.20. The predicted molar refractivity (Wildman–Crippen MR) is 94.5 cm³/mol. The molecule has 2 aromatic carbocycles. The van der Waals surface area contributed by atoms with E-state index in [2.05, 4.69) is 10.1 Å². The molecule has 0 saturated carbocycles. The predicted octanol–water partition coefficient (Wildman–Crippen LogP) is 2.49. The van der Waals surface area contributed by atoms with Gasteiger partial charge in [0.15, 0.2) is 6.61 Å². The van der Waals surface area contributed by atoms with Crippen LogP contribution in [0.4, 0.5) is 11.4 Å². The summed E-state index contributed by atoms with van der Waals surface area (Å²) in [6, 6.07) is 10.1. The number of nitrogens with zero attached hydrogens (tertiary/aromatic N) is 1. The zero-order valence-corrected chi connectivity index (χ0v) is 14.6. The van der Waals surface area contributed by atoms with E-state index in [1.165, 1.54) is 0 Å². The third-order valence-corrected chi connectivity index (χ3v) is 3.42. The van der Waals surface area contributed by atoms with Gasteiger partial charge in [0.1, 0.15) is 0 Å². The highest BCUT2D eigenvalue weighted by Crippen LogP contribution is 2.19. The van der Waals surface area contributed by atoms with Crippen molar-refractivity contribution in [1.29, 1.82) is 0 Å². The van der Waals surface area contributed by atoms with Gasteiger partial charge in [-0.15, -0.1) is 0 Å². The van der Waals surface area contributed by atoms with E-state index >= 15 is 0 Å². The SMILES string of the molecule is COC(=O)c1cc(C(=O)OCC(=O)Nc2cccc(C)c2)cc([N+](=O)[O-])c1. The van der Waals surface area contributed by atoms with Crippen LogP contribution in [0.3, 0.4) is 0 Å². The Kier molecular flexibility index (Phi) is 6.21. The smallest absolute Gasteiger partial charge is 0.338 e. The van der Waals surface area contributed by atoms with Crippen LogP contribution in [-0.4, -0.2) is 36.5 Å². The van der Waals surface area contributed by atoms with Crippen LogP contribution in [0.2, 0.25) is 0 Å². The first-order valence-corrected chi connectivity index (χ1v) is 7.71. The quantitative estimate of drug-likeness (QED) is 0.469. The lowest BCUT2D eigenvalue weighted by Gasteiger charge is -2.08. The van der Waals surface area contributed by atoms with Gasteiger partial charge in [-0.1, -0.05) is 12.1 Å². The maximum absolute atomic E-state index is 12.1. The van der Waals surface area contributed by atoms with E-state index in [4.69, 9.17) is 4.74 Å².